The van der Waals surface area contributed by atoms with Crippen LogP contribution >= 0.6 is 12.6 Å². The number of carboxylic acid groups (broad SMARTS) is 1. The lowest BCUT2D eigenvalue weighted by atomic mass is 10.2. The van der Waals surface area contributed by atoms with Gasteiger partial charge < -0.3 is 15.6 Å². The molecule has 0 spiro atoms. The fourth-order valence-corrected chi connectivity index (χ4v) is 0.453. The zero-order valence-electron chi connectivity index (χ0n) is 7.69. The van der Waals surface area contributed by atoms with Gasteiger partial charge in [0.1, 0.15) is 6.04 Å². The quantitative estimate of drug-likeness (QED) is 0.444. The van der Waals surface area contributed by atoms with Gasteiger partial charge in [0, 0.05) is 13.3 Å². The van der Waals surface area contributed by atoms with Crippen LogP contribution in [0.25, 0.3) is 0 Å². The van der Waals surface area contributed by atoms with Gasteiger partial charge in [-0.2, -0.15) is 12.6 Å². The van der Waals surface area contributed by atoms with E-state index in [-0.39, 0.29) is 13.0 Å². The van der Waals surface area contributed by atoms with Crippen LogP contribution in [0.4, 0.5) is 0 Å². The second kappa shape index (κ2) is 9.34. The smallest absolute Gasteiger partial charge is 0.320 e. The number of carbonyl (C=O) groups excluding carboxylic acids is 1. The molecule has 0 aliphatic carbocycles. The van der Waals surface area contributed by atoms with Crippen molar-refractivity contribution in [1.82, 2.24) is 0 Å². The molecule has 0 aromatic heterocycles. The first-order valence-corrected chi connectivity index (χ1v) is 4.50. The molecule has 78 valence electrons. The number of rotatable bonds is 4. The molecule has 3 N–H and O–H groups in total. The third kappa shape index (κ3) is 11.2. The molecule has 0 fully saturated rings. The highest BCUT2D eigenvalue weighted by Gasteiger charge is 2.10. The second-order valence-electron chi connectivity index (χ2n) is 2.07. The van der Waals surface area contributed by atoms with Crippen LogP contribution in [0, 0.1) is 0 Å². The molecule has 0 heterocycles. The van der Waals surface area contributed by atoms with Crippen LogP contribution in [-0.2, 0) is 14.3 Å². The molecule has 13 heavy (non-hydrogen) atoms. The summed E-state index contributed by atoms with van der Waals surface area (Å²) in [6.07, 6.45) is 1.84. The van der Waals surface area contributed by atoms with E-state index >= 15 is 0 Å². The van der Waals surface area contributed by atoms with E-state index in [2.05, 4.69) is 17.4 Å². The summed E-state index contributed by atoms with van der Waals surface area (Å²) in [5.74, 6) is -1.51. The first kappa shape index (κ1) is 14.8. The maximum Gasteiger partial charge on any atom is 0.320 e. The number of hydrogen-bond acceptors (Lipinski definition) is 5. The summed E-state index contributed by atoms with van der Waals surface area (Å²) < 4.78 is 4.48. The predicted molar refractivity (Wildman–Crippen MR) is 51.8 cm³/mol. The maximum absolute atomic E-state index is 10.2. The molecule has 0 aliphatic rings. The average molecular weight is 209 g/mol. The summed E-state index contributed by atoms with van der Waals surface area (Å²) in [4.78, 5) is 20.3. The third-order valence-corrected chi connectivity index (χ3v) is 1.05. The minimum Gasteiger partial charge on any atom is -0.480 e. The van der Waals surface area contributed by atoms with Crippen molar-refractivity contribution in [2.45, 2.75) is 19.4 Å². The summed E-state index contributed by atoms with van der Waals surface area (Å²) in [5, 5.41) is 8.28. The fraction of sp³-hybridized carbons (Fsp3) is 0.714. The molecular weight excluding hydrogens is 194 g/mol. The lowest BCUT2D eigenvalue weighted by molar-refractivity contribution is -0.144. The predicted octanol–water partition coefficient (Wildman–Crippen LogP) is -0.102. The Balaban J connectivity index is 0. The zero-order valence-corrected chi connectivity index (χ0v) is 8.58. The Labute approximate surface area is 82.7 Å². The van der Waals surface area contributed by atoms with E-state index in [1.54, 1.807) is 6.26 Å². The number of thiol groups is 1. The normalized spacial score (nSPS) is 10.8. The summed E-state index contributed by atoms with van der Waals surface area (Å²) in [5.41, 5.74) is 5.11. The van der Waals surface area contributed by atoms with Gasteiger partial charge in [-0.25, -0.2) is 0 Å². The van der Waals surface area contributed by atoms with E-state index in [1.807, 2.05) is 0 Å². The highest BCUT2D eigenvalue weighted by atomic mass is 32.1. The van der Waals surface area contributed by atoms with Gasteiger partial charge in [-0.15, -0.1) is 0 Å². The van der Waals surface area contributed by atoms with Crippen LogP contribution in [0.2, 0.25) is 0 Å². The monoisotopic (exact) mass is 209 g/mol. The minimum atomic E-state index is -1.09. The largest absolute Gasteiger partial charge is 0.480 e. The fourth-order valence-electron chi connectivity index (χ4n) is 0.453. The number of nitrogens with two attached hydrogens (primary N) is 1. The summed E-state index contributed by atoms with van der Waals surface area (Å²) >= 11 is 3.53. The van der Waals surface area contributed by atoms with E-state index in [4.69, 9.17) is 10.8 Å². The van der Waals surface area contributed by atoms with E-state index in [0.29, 0.717) is 0 Å². The topological polar surface area (TPSA) is 89.6 Å². The number of esters is 1. The number of carboxylic acids is 1. The molecule has 5 nitrogen and oxygen atoms in total. The Bertz CT molecular complexity index is 163. The second-order valence-corrected chi connectivity index (χ2v) is 2.07. The van der Waals surface area contributed by atoms with Gasteiger partial charge in [0.05, 0.1) is 6.61 Å². The molecule has 1 atom stereocenters. The van der Waals surface area contributed by atoms with Crippen molar-refractivity contribution in [3.05, 3.63) is 0 Å². The molecule has 0 radical (unpaired) electrons. The molecule has 0 saturated heterocycles. The SMILES string of the molecule is CC(=O)OCC[C@H](N)C(=O)O.CS. The number of ether oxygens (including phenoxy) is 1. The molecule has 0 aliphatic heterocycles. The van der Waals surface area contributed by atoms with E-state index in [1.165, 1.54) is 6.92 Å². The molecule has 0 aromatic carbocycles. The van der Waals surface area contributed by atoms with Gasteiger partial charge in [0.15, 0.2) is 0 Å². The lowest BCUT2D eigenvalue weighted by Crippen LogP contribution is -2.31. The van der Waals surface area contributed by atoms with Crippen LogP contribution in [0.15, 0.2) is 0 Å². The van der Waals surface area contributed by atoms with Crippen molar-refractivity contribution in [1.29, 1.82) is 0 Å². The van der Waals surface area contributed by atoms with Gasteiger partial charge >= 0.3 is 11.9 Å². The van der Waals surface area contributed by atoms with Gasteiger partial charge in [-0.05, 0) is 6.26 Å². The highest BCUT2D eigenvalue weighted by Crippen LogP contribution is 1.89. The summed E-state index contributed by atoms with van der Waals surface area (Å²) in [6, 6.07) is -0.950. The molecule has 0 aromatic rings. The minimum absolute atomic E-state index is 0.0583. The molecule has 6 heteroatoms. The van der Waals surface area contributed by atoms with E-state index < -0.39 is 18.0 Å². The highest BCUT2D eigenvalue weighted by molar-refractivity contribution is 7.79. The number of aliphatic carboxylic acids is 1. The maximum atomic E-state index is 10.2. The standard InChI is InChI=1S/C6H11NO4.CH4S/c1-4(8)11-3-2-5(7)6(9)10;1-2/h5H,2-3,7H2,1H3,(H,9,10);2H,1H3/t5-;/m0./s1. The Hall–Kier alpha value is -0.750. The Morgan fingerprint density at radius 3 is 2.31 bits per heavy atom. The van der Waals surface area contributed by atoms with Crippen LogP contribution < -0.4 is 5.73 Å². The third-order valence-electron chi connectivity index (χ3n) is 1.05. The molecule has 0 bridgehead atoms. The van der Waals surface area contributed by atoms with Crippen molar-refractivity contribution < 1.29 is 19.4 Å². The lowest BCUT2D eigenvalue weighted by Gasteiger charge is -2.04. The number of hydrogen-bond donors (Lipinski definition) is 3. The van der Waals surface area contributed by atoms with E-state index in [0.717, 1.165) is 0 Å². The molecule has 0 rings (SSSR count). The molecule has 0 amide bonds. The molecule has 0 unspecified atom stereocenters. The Morgan fingerprint density at radius 1 is 1.54 bits per heavy atom. The van der Waals surface area contributed by atoms with Crippen molar-refractivity contribution in [2.24, 2.45) is 5.73 Å². The van der Waals surface area contributed by atoms with Crippen molar-refractivity contribution >= 4 is 24.6 Å². The number of carbonyl (C=O) groups is 2. The van der Waals surface area contributed by atoms with Crippen LogP contribution in [-0.4, -0.2) is 35.9 Å². The first-order valence-electron chi connectivity index (χ1n) is 3.60. The van der Waals surface area contributed by atoms with Crippen LogP contribution in [0.1, 0.15) is 13.3 Å². The Morgan fingerprint density at radius 2 is 2.00 bits per heavy atom. The van der Waals surface area contributed by atoms with Crippen molar-refractivity contribution in [2.75, 3.05) is 12.9 Å². The van der Waals surface area contributed by atoms with Gasteiger partial charge in [0.25, 0.3) is 0 Å². The molecular formula is C7H15NO4S. The van der Waals surface area contributed by atoms with Crippen molar-refractivity contribution in [3.8, 4) is 0 Å². The van der Waals surface area contributed by atoms with Gasteiger partial charge in [0.2, 0.25) is 0 Å². The van der Waals surface area contributed by atoms with Gasteiger partial charge in [-0.3, -0.25) is 9.59 Å². The van der Waals surface area contributed by atoms with E-state index in [9.17, 15) is 9.59 Å². The molecule has 0 saturated carbocycles. The average Bonchev–Trinajstić information content (AvgIpc) is 2.07. The van der Waals surface area contributed by atoms with Crippen molar-refractivity contribution in [3.63, 3.8) is 0 Å². The zero-order chi connectivity index (χ0) is 10.9. The van der Waals surface area contributed by atoms with Crippen LogP contribution in [0.5, 0.6) is 0 Å². The summed E-state index contributed by atoms with van der Waals surface area (Å²) in [7, 11) is 0. The Kier molecular flexibility index (Phi) is 10.6. The summed E-state index contributed by atoms with van der Waals surface area (Å²) in [6.45, 7) is 1.31. The first-order chi connectivity index (χ1) is 6.04. The van der Waals surface area contributed by atoms with Crippen LogP contribution in [0.3, 0.4) is 0 Å². The van der Waals surface area contributed by atoms with Gasteiger partial charge in [-0.1, -0.05) is 0 Å².